The van der Waals surface area contributed by atoms with Gasteiger partial charge in [-0.3, -0.25) is 4.31 Å². The van der Waals surface area contributed by atoms with E-state index in [1.807, 2.05) is 6.26 Å². The average molecular weight is 370 g/mol. The molecule has 3 N–H and O–H groups in total. The Morgan fingerprint density at radius 3 is 2.71 bits per heavy atom. The monoisotopic (exact) mass is 370 g/mol. The van der Waals surface area contributed by atoms with Crippen molar-refractivity contribution in [2.75, 3.05) is 18.6 Å². The maximum absolute atomic E-state index is 12.4. The summed E-state index contributed by atoms with van der Waals surface area (Å²) in [7, 11) is -7.86. The molecular weight excluding hydrogens is 356 g/mol. The Hall–Kier alpha value is -0.750. The normalized spacial score (nSPS) is 17.4. The van der Waals surface area contributed by atoms with Crippen molar-refractivity contribution in [3.05, 3.63) is 17.8 Å². The molecule has 0 atom stereocenters. The van der Waals surface area contributed by atoms with Gasteiger partial charge >= 0.3 is 0 Å². The lowest BCUT2D eigenvalue weighted by atomic mass is 10.3. The van der Waals surface area contributed by atoms with Crippen molar-refractivity contribution in [2.24, 2.45) is 5.14 Å². The number of aliphatic hydroxyl groups excluding tert-OH is 1. The van der Waals surface area contributed by atoms with Gasteiger partial charge in [-0.05, 0) is 24.5 Å². The van der Waals surface area contributed by atoms with Gasteiger partial charge in [-0.2, -0.15) is 11.8 Å². The van der Waals surface area contributed by atoms with Crippen LogP contribution in [0.2, 0.25) is 0 Å². The molecule has 0 amide bonds. The minimum Gasteiger partial charge on any atom is -0.506 e. The van der Waals surface area contributed by atoms with Gasteiger partial charge in [0.1, 0.15) is 9.97 Å². The molecule has 21 heavy (non-hydrogen) atoms. The second-order valence-corrected chi connectivity index (χ2v) is 10.2. The molecule has 1 aromatic rings. The molecule has 11 heteroatoms. The van der Waals surface area contributed by atoms with E-state index in [9.17, 15) is 21.9 Å². The van der Waals surface area contributed by atoms with Gasteiger partial charge in [-0.15, -0.1) is 11.3 Å². The van der Waals surface area contributed by atoms with Gasteiger partial charge in [0.2, 0.25) is 10.0 Å². The van der Waals surface area contributed by atoms with Crippen LogP contribution in [-0.4, -0.2) is 44.8 Å². The highest BCUT2D eigenvalue weighted by Crippen LogP contribution is 2.38. The van der Waals surface area contributed by atoms with E-state index >= 15 is 0 Å². The first kappa shape index (κ1) is 16.6. The summed E-state index contributed by atoms with van der Waals surface area (Å²) in [4.78, 5) is 0. The van der Waals surface area contributed by atoms with Gasteiger partial charge < -0.3 is 5.11 Å². The molecule has 0 saturated carbocycles. The lowest BCUT2D eigenvalue weighted by Gasteiger charge is -2.24. The number of thiophene rings is 1. The Balaban J connectivity index is 2.45. The Labute approximate surface area is 131 Å². The maximum Gasteiger partial charge on any atom is 0.274 e. The first-order valence-corrected chi connectivity index (χ1v) is 11.0. The Morgan fingerprint density at radius 1 is 1.48 bits per heavy atom. The second-order valence-electron chi connectivity index (χ2n) is 4.29. The first-order chi connectivity index (χ1) is 9.67. The third-order valence-electron chi connectivity index (χ3n) is 2.77. The predicted molar refractivity (Wildman–Crippen MR) is 83.2 cm³/mol. The van der Waals surface area contributed by atoms with E-state index in [0.717, 1.165) is 22.3 Å². The van der Waals surface area contributed by atoms with Crippen molar-refractivity contribution in [2.45, 2.75) is 14.8 Å². The standard InChI is InChI=1S/C10H14N2O5S4/c1-18-4-2-3-12-6-8(13)7-5-9(20(11,14)15)19-10(7)21(12,16)17/h5-6,13H,2-4H2,1H3,(H2,11,14,15). The van der Waals surface area contributed by atoms with Crippen LogP contribution in [0.1, 0.15) is 12.0 Å². The van der Waals surface area contributed by atoms with Gasteiger partial charge in [-0.25, -0.2) is 22.0 Å². The fraction of sp³-hybridized carbons (Fsp3) is 0.400. The molecule has 0 unspecified atom stereocenters. The predicted octanol–water partition coefficient (Wildman–Crippen LogP) is 1.01. The molecule has 2 rings (SSSR count). The molecule has 0 aliphatic carbocycles. The minimum atomic E-state index is -4.01. The van der Waals surface area contributed by atoms with Crippen LogP contribution >= 0.6 is 23.1 Å². The summed E-state index contributed by atoms with van der Waals surface area (Å²) in [5.74, 6) is 0.496. The largest absolute Gasteiger partial charge is 0.506 e. The lowest BCUT2D eigenvalue weighted by molar-refractivity contribution is 0.458. The Bertz CT molecular complexity index is 778. The van der Waals surface area contributed by atoms with Crippen molar-refractivity contribution in [1.29, 1.82) is 0 Å². The Morgan fingerprint density at radius 2 is 2.14 bits per heavy atom. The van der Waals surface area contributed by atoms with Crippen LogP contribution in [0.25, 0.3) is 5.76 Å². The van der Waals surface area contributed by atoms with Gasteiger partial charge in [0.15, 0.2) is 4.21 Å². The topological polar surface area (TPSA) is 118 Å². The van der Waals surface area contributed by atoms with Crippen LogP contribution < -0.4 is 5.14 Å². The lowest BCUT2D eigenvalue weighted by Crippen LogP contribution is -2.30. The molecule has 0 aromatic carbocycles. The molecule has 0 saturated heterocycles. The number of rotatable bonds is 5. The summed E-state index contributed by atoms with van der Waals surface area (Å²) in [6.45, 7) is 0.218. The molecule has 1 aliphatic heterocycles. The molecule has 2 heterocycles. The van der Waals surface area contributed by atoms with Gasteiger partial charge in [0, 0.05) is 6.54 Å². The minimum absolute atomic E-state index is 0.0230. The van der Waals surface area contributed by atoms with Crippen molar-refractivity contribution in [3.63, 3.8) is 0 Å². The van der Waals surface area contributed by atoms with Crippen LogP contribution in [0.3, 0.4) is 0 Å². The second kappa shape index (κ2) is 5.80. The summed E-state index contributed by atoms with van der Waals surface area (Å²) in [5.41, 5.74) is -0.0230. The molecule has 1 aliphatic rings. The quantitative estimate of drug-likeness (QED) is 0.747. The maximum atomic E-state index is 12.4. The number of aliphatic hydroxyl groups is 1. The molecule has 0 fully saturated rings. The zero-order chi connectivity index (χ0) is 15.8. The van der Waals surface area contributed by atoms with Gasteiger partial charge in [0.25, 0.3) is 10.0 Å². The summed E-state index contributed by atoms with van der Waals surface area (Å²) in [5, 5.41) is 14.9. The van der Waals surface area contributed by atoms with Crippen molar-refractivity contribution >= 4 is 48.9 Å². The van der Waals surface area contributed by atoms with Crippen molar-refractivity contribution in [1.82, 2.24) is 4.31 Å². The van der Waals surface area contributed by atoms with E-state index < -0.39 is 20.0 Å². The molecule has 7 nitrogen and oxygen atoms in total. The summed E-state index contributed by atoms with van der Waals surface area (Å²) in [6, 6.07) is 1.08. The number of thioether (sulfide) groups is 1. The third kappa shape index (κ3) is 3.21. The molecule has 0 spiro atoms. The first-order valence-electron chi connectivity index (χ1n) is 5.76. The van der Waals surface area contributed by atoms with Gasteiger partial charge in [0.05, 0.1) is 11.8 Å². The van der Waals surface area contributed by atoms with Crippen LogP contribution in [0.15, 0.2) is 20.7 Å². The number of fused-ring (bicyclic) bond motifs is 1. The summed E-state index contributed by atoms with van der Waals surface area (Å²) >= 11 is 2.13. The van der Waals surface area contributed by atoms with E-state index in [-0.39, 0.29) is 26.3 Å². The summed E-state index contributed by atoms with van der Waals surface area (Å²) in [6.07, 6.45) is 3.64. The number of hydrogen-bond acceptors (Lipinski definition) is 7. The van der Waals surface area contributed by atoms with Crippen LogP contribution in [0.5, 0.6) is 0 Å². The number of hydrogen-bond donors (Lipinski definition) is 2. The molecule has 118 valence electrons. The number of nitrogens with zero attached hydrogens (tertiary/aromatic N) is 1. The van der Waals surface area contributed by atoms with E-state index in [1.165, 1.54) is 0 Å². The number of nitrogens with two attached hydrogens (primary N) is 1. The highest BCUT2D eigenvalue weighted by molar-refractivity contribution is 7.98. The average Bonchev–Trinajstić information content (AvgIpc) is 2.82. The van der Waals surface area contributed by atoms with Gasteiger partial charge in [-0.1, -0.05) is 0 Å². The molecule has 0 bridgehead atoms. The smallest absolute Gasteiger partial charge is 0.274 e. The fourth-order valence-electron chi connectivity index (χ4n) is 1.79. The zero-order valence-corrected chi connectivity index (χ0v) is 14.3. The number of primary sulfonamides is 1. The van der Waals surface area contributed by atoms with Crippen LogP contribution in [-0.2, 0) is 20.0 Å². The van der Waals surface area contributed by atoms with E-state index in [4.69, 9.17) is 5.14 Å². The van der Waals surface area contributed by atoms with Crippen LogP contribution in [0, 0.1) is 0 Å². The molecular formula is C10H14N2O5S4. The zero-order valence-electron chi connectivity index (χ0n) is 11.0. The van der Waals surface area contributed by atoms with E-state index in [2.05, 4.69) is 0 Å². The van der Waals surface area contributed by atoms with E-state index in [0.29, 0.717) is 17.8 Å². The van der Waals surface area contributed by atoms with Crippen LogP contribution in [0.4, 0.5) is 0 Å². The van der Waals surface area contributed by atoms with Crippen molar-refractivity contribution in [3.8, 4) is 0 Å². The highest BCUT2D eigenvalue weighted by Gasteiger charge is 2.35. The highest BCUT2D eigenvalue weighted by atomic mass is 32.3. The molecule has 0 radical (unpaired) electrons. The van der Waals surface area contributed by atoms with E-state index in [1.54, 1.807) is 11.8 Å². The third-order valence-corrected chi connectivity index (χ3v) is 8.29. The Kier molecular flexibility index (Phi) is 4.59. The number of sulfonamides is 2. The molecule has 1 aromatic heterocycles. The summed E-state index contributed by atoms with van der Waals surface area (Å²) < 4.78 is 48.1. The van der Waals surface area contributed by atoms with Crippen molar-refractivity contribution < 1.29 is 21.9 Å². The fourth-order valence-corrected chi connectivity index (χ4v) is 6.24. The SMILES string of the molecule is CSCCCN1C=C(O)c2cc(S(N)(=O)=O)sc2S1(=O)=O.